The third-order valence-corrected chi connectivity index (χ3v) is 3.77. The molecule has 1 N–H and O–H groups in total. The molecule has 1 amide bonds. The van der Waals surface area contributed by atoms with Gasteiger partial charge >= 0.3 is 0 Å². The van der Waals surface area contributed by atoms with Crippen LogP contribution in [0.3, 0.4) is 0 Å². The molecule has 1 atom stereocenters. The Morgan fingerprint density at radius 3 is 2.94 bits per heavy atom. The maximum atomic E-state index is 11.9. The van der Waals surface area contributed by atoms with Crippen LogP contribution in [-0.4, -0.2) is 36.0 Å². The first-order valence-electron chi connectivity index (χ1n) is 6.02. The van der Waals surface area contributed by atoms with Crippen LogP contribution in [0.5, 0.6) is 0 Å². The second-order valence-electron chi connectivity index (χ2n) is 4.79. The Kier molecular flexibility index (Phi) is 2.84. The molecule has 92 valence electrons. The first kappa shape index (κ1) is 11.1. The highest BCUT2D eigenvalue weighted by Gasteiger charge is 2.35. The van der Waals surface area contributed by atoms with Crippen LogP contribution < -0.4 is 5.32 Å². The van der Waals surface area contributed by atoms with Gasteiger partial charge in [0.25, 0.3) is 5.91 Å². The Morgan fingerprint density at radius 1 is 1.47 bits per heavy atom. The molecule has 0 aromatic carbocycles. The van der Waals surface area contributed by atoms with Crippen molar-refractivity contribution in [3.63, 3.8) is 0 Å². The monoisotopic (exact) mass is 254 g/mol. The number of hydrogen-bond donors (Lipinski definition) is 1. The summed E-state index contributed by atoms with van der Waals surface area (Å²) in [4.78, 5) is 14.4. The van der Waals surface area contributed by atoms with Crippen molar-refractivity contribution in [1.82, 2.24) is 10.2 Å². The van der Waals surface area contributed by atoms with Gasteiger partial charge in [-0.3, -0.25) is 9.69 Å². The van der Waals surface area contributed by atoms with Crippen LogP contribution in [0.2, 0.25) is 5.22 Å². The predicted molar refractivity (Wildman–Crippen MR) is 64.2 cm³/mol. The van der Waals surface area contributed by atoms with Crippen LogP contribution in [0.15, 0.2) is 16.7 Å². The number of nitrogens with zero attached hydrogens (tertiary/aromatic N) is 1. The summed E-state index contributed by atoms with van der Waals surface area (Å²) in [5.74, 6) is -0.133. The van der Waals surface area contributed by atoms with Crippen LogP contribution in [0, 0.1) is 0 Å². The van der Waals surface area contributed by atoms with E-state index >= 15 is 0 Å². The Hall–Kier alpha value is -1.00. The highest BCUT2D eigenvalue weighted by atomic mass is 35.5. The summed E-state index contributed by atoms with van der Waals surface area (Å²) in [7, 11) is 0. The molecule has 0 spiro atoms. The molecule has 1 aliphatic carbocycles. The maximum Gasteiger partial charge on any atom is 0.256 e. The fourth-order valence-electron chi connectivity index (χ4n) is 2.40. The number of furan rings is 1. The van der Waals surface area contributed by atoms with E-state index in [9.17, 15) is 4.79 Å². The van der Waals surface area contributed by atoms with Crippen molar-refractivity contribution < 1.29 is 9.21 Å². The van der Waals surface area contributed by atoms with Crippen LogP contribution in [0.25, 0.3) is 0 Å². The minimum atomic E-state index is -0.133. The number of carbonyl (C=O) groups is 1. The van der Waals surface area contributed by atoms with Crippen LogP contribution in [0.1, 0.15) is 29.6 Å². The molecule has 1 aromatic rings. The molecule has 17 heavy (non-hydrogen) atoms. The molecule has 3 rings (SSSR count). The summed E-state index contributed by atoms with van der Waals surface area (Å²) in [6.07, 6.45) is 5.09. The van der Waals surface area contributed by atoms with Gasteiger partial charge < -0.3 is 9.73 Å². The molecule has 1 saturated heterocycles. The lowest BCUT2D eigenvalue weighted by atomic mass is 10.2. The van der Waals surface area contributed by atoms with Crippen molar-refractivity contribution in [3.8, 4) is 0 Å². The third-order valence-electron chi connectivity index (χ3n) is 3.48. The van der Waals surface area contributed by atoms with Gasteiger partial charge in [0.1, 0.15) is 0 Å². The highest BCUT2D eigenvalue weighted by Crippen LogP contribution is 2.29. The smallest absolute Gasteiger partial charge is 0.256 e. The van der Waals surface area contributed by atoms with Crippen molar-refractivity contribution in [2.45, 2.75) is 31.3 Å². The molecule has 1 aromatic heterocycles. The standard InChI is InChI=1S/C12H15ClN2O2/c13-11-10(4-6-17-11)12(16)14-8-3-5-15(7-8)9-1-2-9/h4,6,8-9H,1-3,5,7H2,(H,14,16). The molecule has 2 aliphatic rings. The SMILES string of the molecule is O=C(NC1CCN(C2CC2)C1)c1ccoc1Cl. The fourth-order valence-corrected chi connectivity index (χ4v) is 2.60. The van der Waals surface area contributed by atoms with E-state index < -0.39 is 0 Å². The molecule has 2 fully saturated rings. The highest BCUT2D eigenvalue weighted by molar-refractivity contribution is 6.32. The summed E-state index contributed by atoms with van der Waals surface area (Å²) < 4.78 is 4.91. The lowest BCUT2D eigenvalue weighted by Gasteiger charge is -2.15. The zero-order valence-corrected chi connectivity index (χ0v) is 10.2. The zero-order valence-electron chi connectivity index (χ0n) is 9.49. The minimum Gasteiger partial charge on any atom is -0.452 e. The number of amides is 1. The lowest BCUT2D eigenvalue weighted by molar-refractivity contribution is 0.0937. The molecular weight excluding hydrogens is 240 g/mol. The van der Waals surface area contributed by atoms with E-state index in [-0.39, 0.29) is 17.2 Å². The summed E-state index contributed by atoms with van der Waals surface area (Å²) in [6.45, 7) is 2.06. The number of carbonyl (C=O) groups excluding carboxylic acids is 1. The molecule has 1 aliphatic heterocycles. The zero-order chi connectivity index (χ0) is 11.8. The van der Waals surface area contributed by atoms with Crippen molar-refractivity contribution in [2.75, 3.05) is 13.1 Å². The second kappa shape index (κ2) is 4.35. The van der Waals surface area contributed by atoms with E-state index in [0.29, 0.717) is 5.56 Å². The molecule has 1 saturated carbocycles. The van der Waals surface area contributed by atoms with Gasteiger partial charge in [-0.1, -0.05) is 0 Å². The average Bonchev–Trinajstić information content (AvgIpc) is 2.90. The van der Waals surface area contributed by atoms with Crippen molar-refractivity contribution >= 4 is 17.5 Å². The molecule has 0 radical (unpaired) electrons. The number of likely N-dealkylation sites (tertiary alicyclic amines) is 1. The summed E-state index contributed by atoms with van der Waals surface area (Å²) in [5, 5.41) is 3.18. The second-order valence-corrected chi connectivity index (χ2v) is 5.14. The first-order chi connectivity index (χ1) is 8.24. The van der Waals surface area contributed by atoms with E-state index in [4.69, 9.17) is 16.0 Å². The van der Waals surface area contributed by atoms with Crippen LogP contribution in [-0.2, 0) is 0 Å². The van der Waals surface area contributed by atoms with Gasteiger partial charge in [-0.05, 0) is 36.9 Å². The summed E-state index contributed by atoms with van der Waals surface area (Å²) in [5.41, 5.74) is 0.427. The normalized spacial score (nSPS) is 25.1. The fraction of sp³-hybridized carbons (Fsp3) is 0.583. The van der Waals surface area contributed by atoms with Gasteiger partial charge in [-0.25, -0.2) is 0 Å². The largest absolute Gasteiger partial charge is 0.452 e. The van der Waals surface area contributed by atoms with Gasteiger partial charge in [0.15, 0.2) is 0 Å². The molecule has 4 nitrogen and oxygen atoms in total. The van der Waals surface area contributed by atoms with E-state index in [1.807, 2.05) is 0 Å². The van der Waals surface area contributed by atoms with Gasteiger partial charge in [0.05, 0.1) is 11.8 Å². The molecule has 5 heteroatoms. The number of hydrogen-bond acceptors (Lipinski definition) is 3. The molecule has 0 bridgehead atoms. The molecule has 1 unspecified atom stereocenters. The number of halogens is 1. The van der Waals surface area contributed by atoms with E-state index in [1.165, 1.54) is 19.1 Å². The van der Waals surface area contributed by atoms with Crippen molar-refractivity contribution in [3.05, 3.63) is 23.1 Å². The Morgan fingerprint density at radius 2 is 2.29 bits per heavy atom. The summed E-state index contributed by atoms with van der Waals surface area (Å²) >= 11 is 5.77. The summed E-state index contributed by atoms with van der Waals surface area (Å²) in [6, 6.07) is 2.62. The van der Waals surface area contributed by atoms with E-state index in [1.54, 1.807) is 6.07 Å². The van der Waals surface area contributed by atoms with E-state index in [2.05, 4.69) is 10.2 Å². The van der Waals surface area contributed by atoms with Gasteiger partial charge in [-0.15, -0.1) is 0 Å². The minimum absolute atomic E-state index is 0.133. The quantitative estimate of drug-likeness (QED) is 0.896. The van der Waals surface area contributed by atoms with Crippen LogP contribution in [0.4, 0.5) is 0 Å². The Bertz CT molecular complexity index is 428. The Labute approximate surface area is 105 Å². The third kappa shape index (κ3) is 2.33. The molecular formula is C12H15ClN2O2. The average molecular weight is 255 g/mol. The predicted octanol–water partition coefficient (Wildman–Crippen LogP) is 1.90. The number of nitrogens with one attached hydrogen (secondary N) is 1. The maximum absolute atomic E-state index is 11.9. The van der Waals surface area contributed by atoms with Crippen molar-refractivity contribution in [1.29, 1.82) is 0 Å². The Balaban J connectivity index is 1.57. The molecule has 2 heterocycles. The first-order valence-corrected chi connectivity index (χ1v) is 6.40. The van der Waals surface area contributed by atoms with Gasteiger partial charge in [0, 0.05) is 25.2 Å². The van der Waals surface area contributed by atoms with Gasteiger partial charge in [-0.2, -0.15) is 0 Å². The number of rotatable bonds is 3. The van der Waals surface area contributed by atoms with Crippen molar-refractivity contribution in [2.24, 2.45) is 0 Å². The van der Waals surface area contributed by atoms with Crippen LogP contribution >= 0.6 is 11.6 Å². The van der Waals surface area contributed by atoms with E-state index in [0.717, 1.165) is 25.6 Å². The topological polar surface area (TPSA) is 45.5 Å². The van der Waals surface area contributed by atoms with Gasteiger partial charge in [0.2, 0.25) is 5.22 Å². The lowest BCUT2D eigenvalue weighted by Crippen LogP contribution is -2.37.